The number of aryl methyl sites for hydroxylation is 1. The van der Waals surface area contributed by atoms with Crippen molar-refractivity contribution in [3.63, 3.8) is 0 Å². The molecule has 0 aliphatic heterocycles. The van der Waals surface area contributed by atoms with E-state index in [1.807, 2.05) is 7.05 Å². The zero-order valence-corrected chi connectivity index (χ0v) is 14.4. The van der Waals surface area contributed by atoms with E-state index in [1.54, 1.807) is 0 Å². The normalized spacial score (nSPS) is 20.7. The summed E-state index contributed by atoms with van der Waals surface area (Å²) >= 11 is 0. The van der Waals surface area contributed by atoms with E-state index in [9.17, 15) is 9.59 Å². The molecule has 1 atom stereocenters. The van der Waals surface area contributed by atoms with Crippen molar-refractivity contribution in [2.45, 2.75) is 57.0 Å². The molecule has 1 aromatic rings. The van der Waals surface area contributed by atoms with E-state index in [0.29, 0.717) is 0 Å². The molecule has 3 rings (SSSR count). The van der Waals surface area contributed by atoms with E-state index in [1.165, 1.54) is 11.1 Å². The van der Waals surface area contributed by atoms with Crippen LogP contribution in [0, 0.1) is 0 Å². The van der Waals surface area contributed by atoms with Crippen molar-refractivity contribution in [1.82, 2.24) is 15.5 Å². The van der Waals surface area contributed by atoms with Crippen LogP contribution in [0.5, 0.6) is 0 Å². The van der Waals surface area contributed by atoms with Crippen LogP contribution < -0.4 is 10.6 Å². The second-order valence-corrected chi connectivity index (χ2v) is 7.02. The van der Waals surface area contributed by atoms with Gasteiger partial charge >= 0.3 is 6.03 Å². The molecule has 1 fully saturated rings. The molecule has 1 saturated carbocycles. The molecule has 2 aliphatic rings. The van der Waals surface area contributed by atoms with Crippen LogP contribution in [0.2, 0.25) is 0 Å². The van der Waals surface area contributed by atoms with Gasteiger partial charge in [0.05, 0.1) is 6.54 Å². The lowest BCUT2D eigenvalue weighted by Crippen LogP contribution is -2.47. The Morgan fingerprint density at radius 3 is 2.67 bits per heavy atom. The summed E-state index contributed by atoms with van der Waals surface area (Å²) in [6, 6.07) is 8.57. The van der Waals surface area contributed by atoms with Crippen molar-refractivity contribution < 1.29 is 9.59 Å². The van der Waals surface area contributed by atoms with Crippen molar-refractivity contribution in [2.24, 2.45) is 0 Å². The Morgan fingerprint density at radius 2 is 1.88 bits per heavy atom. The molecule has 5 nitrogen and oxygen atoms in total. The number of nitrogens with zero attached hydrogens (tertiary/aromatic N) is 1. The number of likely N-dealkylation sites (N-methyl/N-ethyl adjacent to an activating group) is 1. The maximum absolute atomic E-state index is 12.2. The van der Waals surface area contributed by atoms with Crippen molar-refractivity contribution in [1.29, 1.82) is 0 Å². The van der Waals surface area contributed by atoms with Crippen LogP contribution in [0.4, 0.5) is 4.79 Å². The highest BCUT2D eigenvalue weighted by molar-refractivity contribution is 5.95. The Kier molecular flexibility index (Phi) is 5.51. The van der Waals surface area contributed by atoms with E-state index in [4.69, 9.17) is 0 Å². The number of hydrogen-bond acceptors (Lipinski definition) is 3. The van der Waals surface area contributed by atoms with Gasteiger partial charge < -0.3 is 5.32 Å². The number of carbonyl (C=O) groups excluding carboxylic acids is 2. The number of hydrogen-bond donors (Lipinski definition) is 2. The summed E-state index contributed by atoms with van der Waals surface area (Å²) in [5.74, 6) is -0.240. The van der Waals surface area contributed by atoms with Gasteiger partial charge in [0.1, 0.15) is 0 Å². The highest BCUT2D eigenvalue weighted by Gasteiger charge is 2.25. The lowest BCUT2D eigenvalue weighted by atomic mass is 9.87. The molecule has 3 amide bonds. The molecule has 0 aromatic heterocycles. The van der Waals surface area contributed by atoms with Gasteiger partial charge in [0, 0.05) is 12.1 Å². The summed E-state index contributed by atoms with van der Waals surface area (Å²) in [4.78, 5) is 26.1. The number of fused-ring (bicyclic) bond motifs is 1. The van der Waals surface area contributed by atoms with Crippen LogP contribution in [-0.4, -0.2) is 36.5 Å². The molecule has 1 aromatic carbocycles. The summed E-state index contributed by atoms with van der Waals surface area (Å²) in [5.41, 5.74) is 2.69. The zero-order chi connectivity index (χ0) is 16.9. The highest BCUT2D eigenvalue weighted by Crippen LogP contribution is 2.33. The molecular formula is C19H27N3O2. The van der Waals surface area contributed by atoms with Crippen molar-refractivity contribution >= 4 is 11.9 Å². The molecule has 0 heterocycles. The van der Waals surface area contributed by atoms with Crippen molar-refractivity contribution in [3.05, 3.63) is 35.4 Å². The summed E-state index contributed by atoms with van der Waals surface area (Å²) in [5, 5.41) is 5.36. The first-order chi connectivity index (χ1) is 11.6. The van der Waals surface area contributed by atoms with E-state index >= 15 is 0 Å². The average molecular weight is 329 g/mol. The second kappa shape index (κ2) is 7.79. The molecule has 5 heteroatoms. The molecule has 0 bridgehead atoms. The SMILES string of the molecule is CN(CC(=O)NC(=O)NC1CCCC1)[C@H]1CCCc2ccccc21. The Hall–Kier alpha value is -1.88. The van der Waals surface area contributed by atoms with Crippen molar-refractivity contribution in [2.75, 3.05) is 13.6 Å². The van der Waals surface area contributed by atoms with Gasteiger partial charge in [-0.1, -0.05) is 37.1 Å². The summed E-state index contributed by atoms with van der Waals surface area (Å²) in [7, 11) is 1.96. The Labute approximate surface area is 143 Å². The maximum Gasteiger partial charge on any atom is 0.321 e. The molecule has 0 unspecified atom stereocenters. The van der Waals surface area contributed by atoms with Gasteiger partial charge in [-0.15, -0.1) is 0 Å². The molecule has 2 aliphatic carbocycles. The average Bonchev–Trinajstić information content (AvgIpc) is 3.06. The molecule has 24 heavy (non-hydrogen) atoms. The zero-order valence-electron chi connectivity index (χ0n) is 14.4. The minimum Gasteiger partial charge on any atom is -0.335 e. The number of urea groups is 1. The van der Waals surface area contributed by atoms with Crippen LogP contribution in [0.25, 0.3) is 0 Å². The second-order valence-electron chi connectivity index (χ2n) is 7.02. The maximum atomic E-state index is 12.2. The van der Waals surface area contributed by atoms with E-state index < -0.39 is 0 Å². The fourth-order valence-corrected chi connectivity index (χ4v) is 3.98. The molecule has 0 radical (unpaired) electrons. The molecule has 0 saturated heterocycles. The predicted molar refractivity (Wildman–Crippen MR) is 93.7 cm³/mol. The number of rotatable bonds is 4. The van der Waals surface area contributed by atoms with Gasteiger partial charge in [-0.05, 0) is 50.3 Å². The number of benzene rings is 1. The Balaban J connectivity index is 1.52. The van der Waals surface area contributed by atoms with Gasteiger partial charge in [0.25, 0.3) is 0 Å². The smallest absolute Gasteiger partial charge is 0.321 e. The lowest BCUT2D eigenvalue weighted by molar-refractivity contribution is -0.121. The first kappa shape index (κ1) is 17.0. The fourth-order valence-electron chi connectivity index (χ4n) is 3.98. The van der Waals surface area contributed by atoms with Crippen LogP contribution in [-0.2, 0) is 11.2 Å². The van der Waals surface area contributed by atoms with Crippen molar-refractivity contribution in [3.8, 4) is 0 Å². The third kappa shape index (κ3) is 4.15. The van der Waals surface area contributed by atoms with Gasteiger partial charge in [0.2, 0.25) is 5.91 Å². The van der Waals surface area contributed by atoms with E-state index in [0.717, 1.165) is 44.9 Å². The summed E-state index contributed by atoms with van der Waals surface area (Å²) < 4.78 is 0. The highest BCUT2D eigenvalue weighted by atomic mass is 16.2. The topological polar surface area (TPSA) is 61.4 Å². The molecule has 130 valence electrons. The number of carbonyl (C=O) groups is 2. The minimum absolute atomic E-state index is 0.223. The van der Waals surface area contributed by atoms with Crippen LogP contribution in [0.1, 0.15) is 55.7 Å². The molecular weight excluding hydrogens is 302 g/mol. The summed E-state index contributed by atoms with van der Waals surface area (Å²) in [6.07, 6.45) is 7.63. The summed E-state index contributed by atoms with van der Waals surface area (Å²) in [6.45, 7) is 0.233. The largest absolute Gasteiger partial charge is 0.335 e. The third-order valence-electron chi connectivity index (χ3n) is 5.21. The monoisotopic (exact) mass is 329 g/mol. The van der Waals surface area contributed by atoms with Gasteiger partial charge in [-0.25, -0.2) is 4.79 Å². The lowest BCUT2D eigenvalue weighted by Gasteiger charge is -2.32. The van der Waals surface area contributed by atoms with Gasteiger partial charge in [-0.2, -0.15) is 0 Å². The standard InChI is InChI=1S/C19H27N3O2/c1-22(17-12-6-8-14-7-2-5-11-16(14)17)13-18(23)21-19(24)20-15-9-3-4-10-15/h2,5,7,11,15,17H,3-4,6,8-10,12-13H2,1H3,(H2,20,21,23,24)/t17-/m0/s1. The van der Waals surface area contributed by atoms with Crippen LogP contribution >= 0.6 is 0 Å². The molecule has 0 spiro atoms. The van der Waals surface area contributed by atoms with Crippen LogP contribution in [0.3, 0.4) is 0 Å². The Morgan fingerprint density at radius 1 is 1.12 bits per heavy atom. The van der Waals surface area contributed by atoms with E-state index in [-0.39, 0.29) is 30.6 Å². The quantitative estimate of drug-likeness (QED) is 0.893. The molecule has 2 N–H and O–H groups in total. The first-order valence-electron chi connectivity index (χ1n) is 9.02. The first-order valence-corrected chi connectivity index (χ1v) is 9.02. The number of imide groups is 1. The van der Waals surface area contributed by atoms with Gasteiger partial charge in [0.15, 0.2) is 0 Å². The minimum atomic E-state index is -0.357. The fraction of sp³-hybridized carbons (Fsp3) is 0.579. The Bertz CT molecular complexity index is 596. The third-order valence-corrected chi connectivity index (χ3v) is 5.21. The predicted octanol–water partition coefficient (Wildman–Crippen LogP) is 2.76. The number of amides is 3. The van der Waals surface area contributed by atoms with Crippen LogP contribution in [0.15, 0.2) is 24.3 Å². The van der Waals surface area contributed by atoms with E-state index in [2.05, 4.69) is 39.8 Å². The number of nitrogens with one attached hydrogen (secondary N) is 2. The van der Waals surface area contributed by atoms with Gasteiger partial charge in [-0.3, -0.25) is 15.0 Å².